The Morgan fingerprint density at radius 1 is 1.36 bits per heavy atom. The van der Waals surface area contributed by atoms with Gasteiger partial charge in [-0.3, -0.25) is 4.79 Å². The number of carboxylic acids is 1. The van der Waals surface area contributed by atoms with Gasteiger partial charge in [0.15, 0.2) is 0 Å². The molecular weight excluding hydrogens is 255 g/mol. The van der Waals surface area contributed by atoms with E-state index in [1.54, 1.807) is 0 Å². The van der Waals surface area contributed by atoms with Crippen molar-refractivity contribution in [1.82, 2.24) is 0 Å². The van der Waals surface area contributed by atoms with Crippen LogP contribution in [0.3, 0.4) is 0 Å². The first-order chi connectivity index (χ1) is 6.49. The molecule has 0 atom stereocenters. The molecule has 0 aliphatic rings. The maximum absolute atomic E-state index is 12.8. The average molecular weight is 261 g/mol. The van der Waals surface area contributed by atoms with Gasteiger partial charge in [-0.1, -0.05) is 15.9 Å². The van der Waals surface area contributed by atoms with Crippen molar-refractivity contribution in [3.63, 3.8) is 0 Å². The SMILES string of the molecule is O=C(O)C(=O)Cc1cc(F)cc(Br)c1. The summed E-state index contributed by atoms with van der Waals surface area (Å²) in [5, 5.41) is 8.33. The van der Waals surface area contributed by atoms with Crippen LogP contribution in [0.25, 0.3) is 0 Å². The highest BCUT2D eigenvalue weighted by molar-refractivity contribution is 9.10. The molecule has 0 radical (unpaired) electrons. The summed E-state index contributed by atoms with van der Waals surface area (Å²) in [7, 11) is 0. The molecule has 0 bridgehead atoms. The molecule has 0 aliphatic heterocycles. The van der Waals surface area contributed by atoms with Gasteiger partial charge in [-0.25, -0.2) is 9.18 Å². The van der Waals surface area contributed by atoms with Crippen molar-refractivity contribution < 1.29 is 19.1 Å². The van der Waals surface area contributed by atoms with E-state index in [9.17, 15) is 14.0 Å². The fourth-order valence-electron chi connectivity index (χ4n) is 0.974. The highest BCUT2D eigenvalue weighted by Crippen LogP contribution is 2.15. The monoisotopic (exact) mass is 260 g/mol. The van der Waals surface area contributed by atoms with Crippen LogP contribution in [0.5, 0.6) is 0 Å². The topological polar surface area (TPSA) is 54.4 Å². The average Bonchev–Trinajstić information content (AvgIpc) is 2.01. The molecule has 1 aromatic carbocycles. The van der Waals surface area contributed by atoms with Crippen molar-refractivity contribution in [2.24, 2.45) is 0 Å². The van der Waals surface area contributed by atoms with Gasteiger partial charge < -0.3 is 5.11 Å². The highest BCUT2D eigenvalue weighted by atomic mass is 79.9. The van der Waals surface area contributed by atoms with Crippen LogP contribution in [0.2, 0.25) is 0 Å². The summed E-state index contributed by atoms with van der Waals surface area (Å²) in [6, 6.07) is 3.87. The summed E-state index contributed by atoms with van der Waals surface area (Å²) in [5.41, 5.74) is 0.337. The fourth-order valence-corrected chi connectivity index (χ4v) is 1.49. The molecule has 0 amide bonds. The number of carbonyl (C=O) groups excluding carboxylic acids is 1. The number of benzene rings is 1. The number of hydrogen-bond donors (Lipinski definition) is 1. The Balaban J connectivity index is 2.87. The Bertz CT molecular complexity index is 369. The molecule has 5 heteroatoms. The van der Waals surface area contributed by atoms with Crippen molar-refractivity contribution in [2.75, 3.05) is 0 Å². The van der Waals surface area contributed by atoms with Crippen LogP contribution < -0.4 is 0 Å². The van der Waals surface area contributed by atoms with Crippen LogP contribution in [0.1, 0.15) is 5.56 Å². The van der Waals surface area contributed by atoms with E-state index in [1.165, 1.54) is 12.1 Å². The van der Waals surface area contributed by atoms with Crippen LogP contribution in [0, 0.1) is 5.82 Å². The second-order valence-electron chi connectivity index (χ2n) is 2.68. The summed E-state index contributed by atoms with van der Waals surface area (Å²) in [6.45, 7) is 0. The predicted octanol–water partition coefficient (Wildman–Crippen LogP) is 1.78. The minimum atomic E-state index is -1.51. The van der Waals surface area contributed by atoms with E-state index in [4.69, 9.17) is 5.11 Å². The minimum Gasteiger partial charge on any atom is -0.475 e. The molecule has 74 valence electrons. The van der Waals surface area contributed by atoms with Crippen molar-refractivity contribution in [2.45, 2.75) is 6.42 Å². The number of halogens is 2. The first-order valence-electron chi connectivity index (χ1n) is 3.70. The predicted molar refractivity (Wildman–Crippen MR) is 50.4 cm³/mol. The third-order valence-corrected chi connectivity index (χ3v) is 1.98. The molecule has 0 aliphatic carbocycles. The molecule has 0 heterocycles. The number of hydrogen-bond acceptors (Lipinski definition) is 2. The minimum absolute atomic E-state index is 0.300. The molecule has 3 nitrogen and oxygen atoms in total. The Labute approximate surface area is 87.7 Å². The number of aliphatic carboxylic acids is 1. The van der Waals surface area contributed by atoms with Gasteiger partial charge in [-0.05, 0) is 23.8 Å². The van der Waals surface area contributed by atoms with Crippen molar-refractivity contribution in [3.05, 3.63) is 34.1 Å². The molecule has 1 rings (SSSR count). The van der Waals surface area contributed by atoms with Gasteiger partial charge in [0, 0.05) is 10.9 Å². The molecule has 0 unspecified atom stereocenters. The van der Waals surface area contributed by atoms with Crippen molar-refractivity contribution >= 4 is 27.7 Å². The number of carbonyl (C=O) groups is 2. The normalized spacial score (nSPS) is 9.86. The summed E-state index contributed by atoms with van der Waals surface area (Å²) in [6.07, 6.45) is -0.300. The summed E-state index contributed by atoms with van der Waals surface area (Å²) < 4.78 is 13.3. The van der Waals surface area contributed by atoms with Gasteiger partial charge in [0.1, 0.15) is 5.82 Å². The van der Waals surface area contributed by atoms with E-state index < -0.39 is 17.6 Å². The van der Waals surface area contributed by atoms with Crippen LogP contribution in [0.15, 0.2) is 22.7 Å². The molecule has 1 N–H and O–H groups in total. The molecule has 0 fully saturated rings. The maximum Gasteiger partial charge on any atom is 0.372 e. The summed E-state index contributed by atoms with van der Waals surface area (Å²) >= 11 is 3.04. The zero-order valence-corrected chi connectivity index (χ0v) is 8.54. The van der Waals surface area contributed by atoms with Gasteiger partial charge >= 0.3 is 5.97 Å². The van der Waals surface area contributed by atoms with Gasteiger partial charge in [0.2, 0.25) is 5.78 Å². The van der Waals surface area contributed by atoms with Gasteiger partial charge in [-0.15, -0.1) is 0 Å². The second-order valence-corrected chi connectivity index (χ2v) is 3.60. The molecule has 0 spiro atoms. The lowest BCUT2D eigenvalue weighted by Crippen LogP contribution is -2.15. The smallest absolute Gasteiger partial charge is 0.372 e. The second kappa shape index (κ2) is 4.32. The Kier molecular flexibility index (Phi) is 3.35. The third-order valence-electron chi connectivity index (χ3n) is 1.53. The molecule has 1 aromatic rings. The maximum atomic E-state index is 12.8. The van der Waals surface area contributed by atoms with Gasteiger partial charge in [-0.2, -0.15) is 0 Å². The van der Waals surface area contributed by atoms with E-state index >= 15 is 0 Å². The lowest BCUT2D eigenvalue weighted by Gasteiger charge is -1.99. The van der Waals surface area contributed by atoms with Gasteiger partial charge in [0.25, 0.3) is 0 Å². The highest BCUT2D eigenvalue weighted by Gasteiger charge is 2.12. The number of carboxylic acid groups (broad SMARTS) is 1. The van der Waals surface area contributed by atoms with Crippen molar-refractivity contribution in [1.29, 1.82) is 0 Å². The van der Waals surface area contributed by atoms with Crippen molar-refractivity contribution in [3.8, 4) is 0 Å². The van der Waals surface area contributed by atoms with E-state index in [-0.39, 0.29) is 6.42 Å². The lowest BCUT2D eigenvalue weighted by molar-refractivity contribution is -0.148. The van der Waals surface area contributed by atoms with Crippen LogP contribution in [-0.2, 0) is 16.0 Å². The van der Waals surface area contributed by atoms with Gasteiger partial charge in [0.05, 0.1) is 0 Å². The molecule has 14 heavy (non-hydrogen) atoms. The largest absolute Gasteiger partial charge is 0.475 e. The van der Waals surface area contributed by atoms with Crippen LogP contribution >= 0.6 is 15.9 Å². The summed E-state index contributed by atoms with van der Waals surface area (Å²) in [5.74, 6) is -2.97. The standard InChI is InChI=1S/C9H6BrFO3/c10-6-1-5(2-7(11)4-6)3-8(12)9(13)14/h1-2,4H,3H2,(H,13,14). The van der Waals surface area contributed by atoms with Crippen LogP contribution in [0.4, 0.5) is 4.39 Å². The first kappa shape index (κ1) is 10.8. The number of rotatable bonds is 3. The molecule has 0 aromatic heterocycles. The van der Waals surface area contributed by atoms with E-state index in [2.05, 4.69) is 15.9 Å². The third kappa shape index (κ3) is 2.92. The lowest BCUT2D eigenvalue weighted by atomic mass is 10.1. The quantitative estimate of drug-likeness (QED) is 0.844. The van der Waals surface area contributed by atoms with Crippen LogP contribution in [-0.4, -0.2) is 16.9 Å². The van der Waals surface area contributed by atoms with E-state index in [1.807, 2.05) is 0 Å². The Hall–Kier alpha value is -1.23. The molecule has 0 saturated heterocycles. The number of ketones is 1. The zero-order chi connectivity index (χ0) is 10.7. The Morgan fingerprint density at radius 3 is 2.50 bits per heavy atom. The molecule has 0 saturated carbocycles. The first-order valence-corrected chi connectivity index (χ1v) is 4.49. The van der Waals surface area contributed by atoms with E-state index in [0.29, 0.717) is 10.0 Å². The fraction of sp³-hybridized carbons (Fsp3) is 0.111. The summed E-state index contributed by atoms with van der Waals surface area (Å²) in [4.78, 5) is 21.0. The Morgan fingerprint density at radius 2 is 2.00 bits per heavy atom. The number of Topliss-reactive ketones (excluding diaryl/α,β-unsaturated/α-hetero) is 1. The zero-order valence-electron chi connectivity index (χ0n) is 6.96. The van der Waals surface area contributed by atoms with E-state index in [0.717, 1.165) is 6.07 Å². The molecular formula is C9H6BrFO3.